The fraction of sp³-hybridized carbons (Fsp3) is 0.450. The summed E-state index contributed by atoms with van der Waals surface area (Å²) in [6.45, 7) is 4.97. The van der Waals surface area contributed by atoms with Crippen molar-refractivity contribution in [2.24, 2.45) is 5.92 Å². The molecule has 0 aliphatic rings. The van der Waals surface area contributed by atoms with E-state index in [0.29, 0.717) is 6.42 Å². The van der Waals surface area contributed by atoms with Crippen molar-refractivity contribution in [1.82, 2.24) is 0 Å². The zero-order valence-corrected chi connectivity index (χ0v) is 17.0. The van der Waals surface area contributed by atoms with Gasteiger partial charge in [-0.15, -0.1) is 17.0 Å². The van der Waals surface area contributed by atoms with Crippen LogP contribution in [-0.2, 0) is 5.41 Å². The van der Waals surface area contributed by atoms with Crippen LogP contribution in [0, 0.1) is 11.3 Å². The van der Waals surface area contributed by atoms with E-state index in [4.69, 9.17) is 5.41 Å². The first kappa shape index (κ1) is 20.7. The third-order valence-electron chi connectivity index (χ3n) is 4.84. The van der Waals surface area contributed by atoms with Gasteiger partial charge >= 0.3 is 0 Å². The van der Waals surface area contributed by atoms with Gasteiger partial charge in [0, 0.05) is 11.8 Å². The minimum atomic E-state index is -0.758. The Kier molecular flexibility index (Phi) is 6.59. The summed E-state index contributed by atoms with van der Waals surface area (Å²) in [5, 5.41) is 22.8. The summed E-state index contributed by atoms with van der Waals surface area (Å²) in [7, 11) is 6.38. The summed E-state index contributed by atoms with van der Waals surface area (Å²) < 4.78 is 0.784. The highest BCUT2D eigenvalue weighted by atomic mass is 79.9. The first-order valence-corrected chi connectivity index (χ1v) is 8.23. The zero-order chi connectivity index (χ0) is 17.3. The molecule has 0 bridgehead atoms. The topological polar surface area (TPSA) is 46.9 Å². The lowest BCUT2D eigenvalue weighted by Gasteiger charge is -2.43. The van der Waals surface area contributed by atoms with Crippen molar-refractivity contribution in [3.8, 4) is 0 Å². The van der Waals surface area contributed by atoms with E-state index in [9.17, 15) is 5.11 Å². The molecule has 0 aliphatic heterocycles. The Morgan fingerprint density at radius 3 is 2.21 bits per heavy atom. The highest BCUT2D eigenvalue weighted by Crippen LogP contribution is 2.40. The smallest absolute Gasteiger partial charge is 0.0792 e. The van der Waals surface area contributed by atoms with Gasteiger partial charge in [-0.05, 0) is 28.2 Å². The molecule has 0 heterocycles. The molecular formula is C20H29BrN2O. The minimum absolute atomic E-state index is 0. The standard InChI is InChI=1S/C20H28N2O.BrH/c1-15(2)20(19(21)23,13-14-22(3,4)5)18-12-8-10-16-9-6-7-11-17(16)18;/h6-12,15H,13-14H2,1-5H3,(H-,21,23);1H. The fourth-order valence-electron chi connectivity index (χ4n) is 3.36. The molecule has 0 spiro atoms. The van der Waals surface area contributed by atoms with Crippen LogP contribution < -0.4 is 5.11 Å². The SMILES string of the molecule is Br.CC(C)C(CC[N+](C)(C)C)(C(=N)[O-])c1cccc2ccccc12. The van der Waals surface area contributed by atoms with E-state index in [0.717, 1.165) is 27.4 Å². The molecule has 1 unspecified atom stereocenters. The number of halogens is 1. The highest BCUT2D eigenvalue weighted by molar-refractivity contribution is 8.93. The molecule has 1 atom stereocenters. The number of hydrogen-bond donors (Lipinski definition) is 1. The molecule has 2 rings (SSSR count). The molecule has 2 aromatic rings. The minimum Gasteiger partial charge on any atom is -0.862 e. The van der Waals surface area contributed by atoms with E-state index < -0.39 is 11.3 Å². The molecule has 1 N–H and O–H groups in total. The first-order valence-electron chi connectivity index (χ1n) is 8.23. The average molecular weight is 393 g/mol. The Hall–Kier alpha value is -1.39. The van der Waals surface area contributed by atoms with Gasteiger partial charge in [-0.1, -0.05) is 56.3 Å². The monoisotopic (exact) mass is 392 g/mol. The van der Waals surface area contributed by atoms with E-state index in [1.807, 2.05) is 24.3 Å². The van der Waals surface area contributed by atoms with Crippen LogP contribution >= 0.6 is 17.0 Å². The molecular weight excluding hydrogens is 364 g/mol. The molecule has 0 saturated heterocycles. The van der Waals surface area contributed by atoms with Crippen LogP contribution in [0.2, 0.25) is 0 Å². The molecule has 132 valence electrons. The molecule has 3 nitrogen and oxygen atoms in total. The Morgan fingerprint density at radius 2 is 1.67 bits per heavy atom. The highest BCUT2D eigenvalue weighted by Gasteiger charge is 2.38. The Balaban J connectivity index is 0.00000288. The van der Waals surface area contributed by atoms with Crippen LogP contribution in [0.4, 0.5) is 0 Å². The quantitative estimate of drug-likeness (QED) is 0.454. The third-order valence-corrected chi connectivity index (χ3v) is 4.84. The maximum atomic E-state index is 12.5. The van der Waals surface area contributed by atoms with Crippen molar-refractivity contribution in [3.05, 3.63) is 48.0 Å². The number of fused-ring (bicyclic) bond motifs is 1. The van der Waals surface area contributed by atoms with Crippen LogP contribution in [0.5, 0.6) is 0 Å². The van der Waals surface area contributed by atoms with Crippen molar-refractivity contribution in [2.75, 3.05) is 27.7 Å². The van der Waals surface area contributed by atoms with E-state index in [-0.39, 0.29) is 22.9 Å². The molecule has 0 aliphatic carbocycles. The van der Waals surface area contributed by atoms with Gasteiger partial charge in [0.15, 0.2) is 0 Å². The lowest BCUT2D eigenvalue weighted by atomic mass is 9.67. The molecule has 0 aromatic heterocycles. The lowest BCUT2D eigenvalue weighted by Crippen LogP contribution is -2.50. The summed E-state index contributed by atoms with van der Waals surface area (Å²) in [6, 6.07) is 14.3. The van der Waals surface area contributed by atoms with E-state index in [1.165, 1.54) is 0 Å². The van der Waals surface area contributed by atoms with Crippen molar-refractivity contribution in [1.29, 1.82) is 5.41 Å². The maximum Gasteiger partial charge on any atom is 0.0792 e. The molecule has 2 aromatic carbocycles. The van der Waals surface area contributed by atoms with E-state index in [1.54, 1.807) is 0 Å². The number of quaternary nitrogens is 1. The summed E-state index contributed by atoms with van der Waals surface area (Å²) in [6.07, 6.45) is 0.685. The maximum absolute atomic E-state index is 12.5. The van der Waals surface area contributed by atoms with Gasteiger partial charge in [0.05, 0.1) is 27.7 Å². The predicted octanol–water partition coefficient (Wildman–Crippen LogP) is 3.75. The first-order chi connectivity index (χ1) is 10.7. The Labute approximate surface area is 156 Å². The number of nitrogens with one attached hydrogen (secondary N) is 1. The van der Waals surface area contributed by atoms with Crippen molar-refractivity contribution < 1.29 is 9.59 Å². The molecule has 24 heavy (non-hydrogen) atoms. The summed E-state index contributed by atoms with van der Waals surface area (Å²) in [5.41, 5.74) is 0.242. The number of benzene rings is 2. The van der Waals surface area contributed by atoms with Crippen molar-refractivity contribution >= 4 is 33.7 Å². The third kappa shape index (κ3) is 3.98. The summed E-state index contributed by atoms with van der Waals surface area (Å²) in [4.78, 5) is 0. The number of rotatable bonds is 6. The lowest BCUT2D eigenvalue weighted by molar-refractivity contribution is -0.871. The molecule has 0 saturated carbocycles. The van der Waals surface area contributed by atoms with Gasteiger partial charge in [-0.2, -0.15) is 0 Å². The van der Waals surface area contributed by atoms with Gasteiger partial charge in [-0.3, -0.25) is 0 Å². The number of hydrogen-bond acceptors (Lipinski definition) is 2. The van der Waals surface area contributed by atoms with Crippen LogP contribution in [0.25, 0.3) is 10.8 Å². The predicted molar refractivity (Wildman–Crippen MR) is 106 cm³/mol. The van der Waals surface area contributed by atoms with Gasteiger partial charge in [0.25, 0.3) is 0 Å². The Bertz CT molecular complexity index is 701. The molecule has 0 fully saturated rings. The van der Waals surface area contributed by atoms with Gasteiger partial charge in [0.1, 0.15) is 0 Å². The summed E-state index contributed by atoms with van der Waals surface area (Å²) in [5.74, 6) is -0.401. The van der Waals surface area contributed by atoms with Crippen molar-refractivity contribution in [2.45, 2.75) is 25.7 Å². The van der Waals surface area contributed by atoms with Crippen LogP contribution in [-0.4, -0.2) is 38.1 Å². The second-order valence-corrected chi connectivity index (χ2v) is 7.75. The fourth-order valence-corrected chi connectivity index (χ4v) is 3.36. The van der Waals surface area contributed by atoms with E-state index >= 15 is 0 Å². The second kappa shape index (κ2) is 7.66. The molecule has 0 radical (unpaired) electrons. The van der Waals surface area contributed by atoms with Crippen LogP contribution in [0.15, 0.2) is 42.5 Å². The largest absolute Gasteiger partial charge is 0.862 e. The molecule has 4 heteroatoms. The number of nitrogens with zero attached hydrogens (tertiary/aromatic N) is 1. The average Bonchev–Trinajstić information content (AvgIpc) is 2.46. The van der Waals surface area contributed by atoms with Gasteiger partial charge in [0.2, 0.25) is 0 Å². The Morgan fingerprint density at radius 1 is 1.08 bits per heavy atom. The van der Waals surface area contributed by atoms with Crippen LogP contribution in [0.3, 0.4) is 0 Å². The van der Waals surface area contributed by atoms with E-state index in [2.05, 4.69) is 53.2 Å². The zero-order valence-electron chi connectivity index (χ0n) is 15.3. The summed E-state index contributed by atoms with van der Waals surface area (Å²) >= 11 is 0. The van der Waals surface area contributed by atoms with Crippen molar-refractivity contribution in [3.63, 3.8) is 0 Å². The van der Waals surface area contributed by atoms with Crippen LogP contribution in [0.1, 0.15) is 25.8 Å². The molecule has 0 amide bonds. The van der Waals surface area contributed by atoms with Gasteiger partial charge < -0.3 is 15.0 Å². The van der Waals surface area contributed by atoms with Gasteiger partial charge in [-0.25, -0.2) is 0 Å². The second-order valence-electron chi connectivity index (χ2n) is 7.75. The normalized spacial score (nSPS) is 14.2.